The van der Waals surface area contributed by atoms with E-state index < -0.39 is 0 Å². The number of hydrogen-bond donors (Lipinski definition) is 0. The normalized spacial score (nSPS) is 9.07. The van der Waals surface area contributed by atoms with Gasteiger partial charge in [0.1, 0.15) is 6.33 Å². The minimum atomic E-state index is 0.587. The fourth-order valence-electron chi connectivity index (χ4n) is 1.10. The first-order chi connectivity index (χ1) is 7.40. The highest BCUT2D eigenvalue weighted by Gasteiger charge is 2.00. The van der Waals surface area contributed by atoms with Gasteiger partial charge >= 0.3 is 0 Å². The number of thiophene rings is 1. The molecule has 0 atom stereocenters. The largest absolute Gasteiger partial charge is 0.289 e. The molecule has 3 nitrogen and oxygen atoms in total. The quantitative estimate of drug-likeness (QED) is 0.536. The summed E-state index contributed by atoms with van der Waals surface area (Å²) in [5, 5.41) is 1.96. The van der Waals surface area contributed by atoms with Gasteiger partial charge in [-0.05, 0) is 24.0 Å². The van der Waals surface area contributed by atoms with Crippen LogP contribution in [0.5, 0.6) is 0 Å². The fourth-order valence-corrected chi connectivity index (χ4v) is 1.85. The van der Waals surface area contributed by atoms with Crippen molar-refractivity contribution in [2.45, 2.75) is 0 Å². The summed E-state index contributed by atoms with van der Waals surface area (Å²) >= 11 is 1.49. The average Bonchev–Trinajstić information content (AvgIpc) is 2.76. The van der Waals surface area contributed by atoms with Gasteiger partial charge in [-0.3, -0.25) is 4.79 Å². The van der Waals surface area contributed by atoms with Crippen molar-refractivity contribution in [2.24, 2.45) is 0 Å². The predicted molar refractivity (Wildman–Crippen MR) is 58.3 cm³/mol. The summed E-state index contributed by atoms with van der Waals surface area (Å²) in [6, 6.07) is 3.74. The molecule has 0 N–H and O–H groups in total. The number of rotatable bonds is 1. The third kappa shape index (κ3) is 2.27. The third-order valence-electron chi connectivity index (χ3n) is 1.73. The van der Waals surface area contributed by atoms with Crippen LogP contribution in [-0.2, 0) is 4.79 Å². The zero-order valence-electron chi connectivity index (χ0n) is 7.68. The van der Waals surface area contributed by atoms with Crippen LogP contribution < -0.4 is 0 Å². The van der Waals surface area contributed by atoms with Gasteiger partial charge in [0.05, 0.1) is 10.6 Å². The SMILES string of the molecule is O=CC#Cc1cc(-c2ccncn2)cs1. The lowest BCUT2D eigenvalue weighted by molar-refractivity contribution is -0.103. The number of aldehydes is 1. The molecule has 0 aliphatic rings. The molecule has 72 valence electrons. The van der Waals surface area contributed by atoms with E-state index in [2.05, 4.69) is 21.8 Å². The number of nitrogens with zero attached hydrogens (tertiary/aromatic N) is 2. The molecule has 0 spiro atoms. The van der Waals surface area contributed by atoms with E-state index in [1.807, 2.05) is 17.5 Å². The van der Waals surface area contributed by atoms with Crippen LogP contribution in [0, 0.1) is 11.8 Å². The standard InChI is InChI=1S/C11H6N2OS/c14-5-1-2-10-6-9(7-15-10)11-3-4-12-8-13-11/h3-8H. The summed E-state index contributed by atoms with van der Waals surface area (Å²) in [4.78, 5) is 18.9. The lowest BCUT2D eigenvalue weighted by atomic mass is 10.2. The van der Waals surface area contributed by atoms with Gasteiger partial charge in [-0.25, -0.2) is 9.97 Å². The van der Waals surface area contributed by atoms with E-state index in [-0.39, 0.29) is 0 Å². The van der Waals surface area contributed by atoms with Crippen molar-refractivity contribution >= 4 is 17.6 Å². The van der Waals surface area contributed by atoms with E-state index in [0.29, 0.717) is 6.29 Å². The van der Waals surface area contributed by atoms with Gasteiger partial charge in [0.15, 0.2) is 6.29 Å². The van der Waals surface area contributed by atoms with Crippen molar-refractivity contribution < 1.29 is 4.79 Å². The molecule has 2 heterocycles. The Morgan fingerprint density at radius 1 is 1.47 bits per heavy atom. The number of hydrogen-bond acceptors (Lipinski definition) is 4. The first-order valence-electron chi connectivity index (χ1n) is 4.20. The first kappa shape index (κ1) is 9.56. The number of carbonyl (C=O) groups is 1. The Bertz CT molecular complexity index is 522. The van der Waals surface area contributed by atoms with Gasteiger partial charge in [0, 0.05) is 17.1 Å². The summed E-state index contributed by atoms with van der Waals surface area (Å²) in [6.45, 7) is 0. The van der Waals surface area contributed by atoms with Gasteiger partial charge in [0.25, 0.3) is 0 Å². The highest BCUT2D eigenvalue weighted by molar-refractivity contribution is 7.11. The van der Waals surface area contributed by atoms with Crippen molar-refractivity contribution in [3.8, 4) is 23.1 Å². The summed E-state index contributed by atoms with van der Waals surface area (Å²) in [7, 11) is 0. The lowest BCUT2D eigenvalue weighted by Gasteiger charge is -1.92. The lowest BCUT2D eigenvalue weighted by Crippen LogP contribution is -1.80. The molecule has 0 fully saturated rings. The monoisotopic (exact) mass is 214 g/mol. The smallest absolute Gasteiger partial charge is 0.193 e. The molecule has 0 aliphatic carbocycles. The first-order valence-corrected chi connectivity index (χ1v) is 5.08. The van der Waals surface area contributed by atoms with E-state index >= 15 is 0 Å². The van der Waals surface area contributed by atoms with Crippen LogP contribution in [0.15, 0.2) is 30.0 Å². The van der Waals surface area contributed by atoms with Crippen LogP contribution >= 0.6 is 11.3 Å². The Balaban J connectivity index is 2.32. The second-order valence-electron chi connectivity index (χ2n) is 2.68. The zero-order valence-corrected chi connectivity index (χ0v) is 8.49. The molecule has 0 unspecified atom stereocenters. The van der Waals surface area contributed by atoms with Gasteiger partial charge < -0.3 is 0 Å². The molecule has 0 saturated carbocycles. The molecule has 4 heteroatoms. The van der Waals surface area contributed by atoms with Crippen LogP contribution in [0.1, 0.15) is 4.88 Å². The van der Waals surface area contributed by atoms with E-state index in [4.69, 9.17) is 0 Å². The molecule has 2 rings (SSSR count). The molecule has 0 radical (unpaired) electrons. The van der Waals surface area contributed by atoms with E-state index in [0.717, 1.165) is 16.1 Å². The maximum atomic E-state index is 10.1. The highest BCUT2D eigenvalue weighted by atomic mass is 32.1. The van der Waals surface area contributed by atoms with E-state index in [1.165, 1.54) is 17.7 Å². The average molecular weight is 214 g/mol. The van der Waals surface area contributed by atoms with Gasteiger partial charge in [-0.2, -0.15) is 0 Å². The van der Waals surface area contributed by atoms with Crippen LogP contribution in [0.4, 0.5) is 0 Å². The van der Waals surface area contributed by atoms with Crippen LogP contribution in [0.3, 0.4) is 0 Å². The Hall–Kier alpha value is -1.99. The molecule has 2 aromatic rings. The molecular formula is C11H6N2OS. The summed E-state index contributed by atoms with van der Waals surface area (Å²) in [6.07, 6.45) is 3.78. The molecule has 0 saturated heterocycles. The van der Waals surface area contributed by atoms with Gasteiger partial charge in [-0.15, -0.1) is 11.3 Å². The van der Waals surface area contributed by atoms with Gasteiger partial charge in [0.2, 0.25) is 0 Å². The van der Waals surface area contributed by atoms with Crippen molar-refractivity contribution in [1.82, 2.24) is 9.97 Å². The minimum Gasteiger partial charge on any atom is -0.289 e. The topological polar surface area (TPSA) is 42.9 Å². The Morgan fingerprint density at radius 2 is 2.40 bits per heavy atom. The van der Waals surface area contributed by atoms with Crippen LogP contribution in [0.25, 0.3) is 11.3 Å². The van der Waals surface area contributed by atoms with E-state index in [1.54, 1.807) is 6.20 Å². The Labute approximate surface area is 90.8 Å². The second-order valence-corrected chi connectivity index (χ2v) is 3.59. The third-order valence-corrected chi connectivity index (χ3v) is 2.58. The summed E-state index contributed by atoms with van der Waals surface area (Å²) in [5.74, 6) is 5.12. The van der Waals surface area contributed by atoms with Gasteiger partial charge in [-0.1, -0.05) is 0 Å². The number of carbonyl (C=O) groups excluding carboxylic acids is 1. The zero-order chi connectivity index (χ0) is 10.5. The molecule has 15 heavy (non-hydrogen) atoms. The van der Waals surface area contributed by atoms with E-state index in [9.17, 15) is 4.79 Å². The van der Waals surface area contributed by atoms with Crippen molar-refractivity contribution in [1.29, 1.82) is 0 Å². The summed E-state index contributed by atoms with van der Waals surface area (Å²) in [5.41, 5.74) is 1.86. The Morgan fingerprint density at radius 3 is 3.13 bits per heavy atom. The molecule has 2 aromatic heterocycles. The highest BCUT2D eigenvalue weighted by Crippen LogP contribution is 2.22. The molecule has 0 aromatic carbocycles. The fraction of sp³-hybridized carbons (Fsp3) is 0. The van der Waals surface area contributed by atoms with Crippen molar-refractivity contribution in [3.63, 3.8) is 0 Å². The van der Waals surface area contributed by atoms with Crippen molar-refractivity contribution in [3.05, 3.63) is 34.9 Å². The maximum absolute atomic E-state index is 10.1. The predicted octanol–water partition coefficient (Wildman–Crippen LogP) is 1.76. The molecule has 0 amide bonds. The van der Waals surface area contributed by atoms with Crippen LogP contribution in [-0.4, -0.2) is 16.3 Å². The molecule has 0 bridgehead atoms. The summed E-state index contributed by atoms with van der Waals surface area (Å²) < 4.78 is 0. The number of aromatic nitrogens is 2. The Kier molecular flexibility index (Phi) is 2.86. The molecule has 0 aliphatic heterocycles. The maximum Gasteiger partial charge on any atom is 0.193 e. The van der Waals surface area contributed by atoms with Crippen molar-refractivity contribution in [2.75, 3.05) is 0 Å². The van der Waals surface area contributed by atoms with Crippen LogP contribution in [0.2, 0.25) is 0 Å². The molecular weight excluding hydrogens is 208 g/mol. The second kappa shape index (κ2) is 4.49. The minimum absolute atomic E-state index is 0.587.